The maximum absolute atomic E-state index is 6.12. The molecular formula is C50H37N3O. The van der Waals surface area contributed by atoms with Gasteiger partial charge in [0.2, 0.25) is 0 Å². The number of hydrogen-bond donors (Lipinski definition) is 0. The Labute approximate surface area is 312 Å². The van der Waals surface area contributed by atoms with E-state index in [0.29, 0.717) is 11.8 Å². The summed E-state index contributed by atoms with van der Waals surface area (Å²) in [5.41, 5.74) is 9.93. The second-order valence-corrected chi connectivity index (χ2v) is 14.8. The minimum absolute atomic E-state index is 0.353. The van der Waals surface area contributed by atoms with Crippen molar-refractivity contribution in [1.29, 1.82) is 0 Å². The smallest absolute Gasteiger partial charge is 0.160 e. The molecule has 11 rings (SSSR count). The third-order valence-corrected chi connectivity index (χ3v) is 11.6. The molecule has 0 amide bonds. The Bertz CT molecular complexity index is 3120. The van der Waals surface area contributed by atoms with Gasteiger partial charge in [0.05, 0.1) is 16.6 Å². The molecule has 2 atom stereocenters. The summed E-state index contributed by atoms with van der Waals surface area (Å²) < 4.78 is 8.54. The molecule has 2 unspecified atom stereocenters. The number of nitrogens with zero attached hydrogens (tertiary/aromatic N) is 3. The van der Waals surface area contributed by atoms with Gasteiger partial charge >= 0.3 is 0 Å². The largest absolute Gasteiger partial charge is 0.456 e. The normalized spacial score (nSPS) is 17.6. The summed E-state index contributed by atoms with van der Waals surface area (Å²) >= 11 is 0. The second-order valence-electron chi connectivity index (χ2n) is 14.8. The highest BCUT2D eigenvalue weighted by atomic mass is 16.3. The maximum Gasteiger partial charge on any atom is 0.160 e. The van der Waals surface area contributed by atoms with Crippen molar-refractivity contribution in [2.75, 3.05) is 0 Å². The van der Waals surface area contributed by atoms with E-state index in [-0.39, 0.29) is 0 Å². The fourth-order valence-corrected chi connectivity index (χ4v) is 8.90. The molecule has 0 saturated carbocycles. The van der Waals surface area contributed by atoms with E-state index < -0.39 is 0 Å². The van der Waals surface area contributed by atoms with Crippen LogP contribution in [0.4, 0.5) is 0 Å². The van der Waals surface area contributed by atoms with Gasteiger partial charge in [0.25, 0.3) is 0 Å². The lowest BCUT2D eigenvalue weighted by atomic mass is 9.81. The number of furan rings is 1. The van der Waals surface area contributed by atoms with Gasteiger partial charge in [0.1, 0.15) is 11.2 Å². The van der Waals surface area contributed by atoms with Gasteiger partial charge in [-0.1, -0.05) is 121 Å². The molecule has 3 aliphatic rings. The highest BCUT2D eigenvalue weighted by molar-refractivity contribution is 6.06. The van der Waals surface area contributed by atoms with Crippen molar-refractivity contribution >= 4 is 62.7 Å². The quantitative estimate of drug-likeness (QED) is 0.180. The summed E-state index contributed by atoms with van der Waals surface area (Å²) in [5.74, 6) is 1.51. The van der Waals surface area contributed by atoms with Gasteiger partial charge in [-0.05, 0) is 96.7 Å². The van der Waals surface area contributed by atoms with Crippen LogP contribution in [-0.4, -0.2) is 14.5 Å². The zero-order valence-electron chi connectivity index (χ0n) is 29.8. The predicted molar refractivity (Wildman–Crippen MR) is 222 cm³/mol. The van der Waals surface area contributed by atoms with Crippen LogP contribution in [0.1, 0.15) is 31.4 Å². The van der Waals surface area contributed by atoms with E-state index in [1.54, 1.807) is 0 Å². The molecule has 0 bridgehead atoms. The lowest BCUT2D eigenvalue weighted by Gasteiger charge is -2.24. The van der Waals surface area contributed by atoms with E-state index in [9.17, 15) is 0 Å². The fraction of sp³-hybridized carbons (Fsp3) is 0.120. The predicted octanol–water partition coefficient (Wildman–Crippen LogP) is 9.25. The van der Waals surface area contributed by atoms with E-state index >= 15 is 0 Å². The SMILES string of the molecule is C1=CCCC(c2nc(-c3cccc(-c4ccc5oc6ccccc6c5c4)c3)nc3c2=CC(C2C=c4c(n(-c5ccccc5)c5ccccc45)=CC2)CC=3)=C1. The molecule has 5 aromatic carbocycles. The van der Waals surface area contributed by atoms with E-state index in [4.69, 9.17) is 14.4 Å². The average Bonchev–Trinajstić information content (AvgIpc) is 3.79. The Kier molecular flexibility index (Phi) is 7.22. The lowest BCUT2D eigenvalue weighted by molar-refractivity contribution is 0.542. The van der Waals surface area contributed by atoms with E-state index in [2.05, 4.69) is 156 Å². The topological polar surface area (TPSA) is 43.9 Å². The highest BCUT2D eigenvalue weighted by Crippen LogP contribution is 2.34. The van der Waals surface area contributed by atoms with Gasteiger partial charge in [-0.2, -0.15) is 0 Å². The van der Waals surface area contributed by atoms with Gasteiger partial charge in [-0.15, -0.1) is 0 Å². The van der Waals surface area contributed by atoms with Crippen LogP contribution in [0, 0.1) is 11.8 Å². The minimum Gasteiger partial charge on any atom is -0.456 e. The van der Waals surface area contributed by atoms with Crippen molar-refractivity contribution in [1.82, 2.24) is 14.5 Å². The number of aromatic nitrogens is 3. The first-order valence-corrected chi connectivity index (χ1v) is 19.1. The standard InChI is InChI=1S/C50H37N3O/c1-3-12-32(13-4-1)49-43-31-34(35-23-26-46-41(29-35)39-18-7-9-20-45(39)53(46)38-16-5-2-6-17-38)22-25-44(43)51-50(52-49)37-15-11-14-33(28-37)36-24-27-48-42(30-36)40-19-8-10-21-47(40)54-48/h1-3,5-12,14-21,24-31,34-35H,4,13,22-23H2. The van der Waals surface area contributed by atoms with Crippen LogP contribution in [0.2, 0.25) is 0 Å². The number of allylic oxidation sites excluding steroid dienone is 4. The summed E-state index contributed by atoms with van der Waals surface area (Å²) in [4.78, 5) is 10.7. The van der Waals surface area contributed by atoms with Gasteiger partial charge in [-0.25, -0.2) is 9.97 Å². The monoisotopic (exact) mass is 695 g/mol. The second kappa shape index (κ2) is 12.6. The van der Waals surface area contributed by atoms with Gasteiger partial charge in [0.15, 0.2) is 5.82 Å². The third-order valence-electron chi connectivity index (χ3n) is 11.6. The Morgan fingerprint density at radius 2 is 1.37 bits per heavy atom. The fourth-order valence-electron chi connectivity index (χ4n) is 8.90. The number of benzene rings is 5. The van der Waals surface area contributed by atoms with Crippen molar-refractivity contribution < 1.29 is 4.42 Å². The molecule has 0 aliphatic heterocycles. The van der Waals surface area contributed by atoms with Crippen LogP contribution in [0.5, 0.6) is 0 Å². The molecule has 4 heteroatoms. The molecule has 258 valence electrons. The van der Waals surface area contributed by atoms with Crippen molar-refractivity contribution in [3.05, 3.63) is 166 Å². The number of rotatable bonds is 5. The lowest BCUT2D eigenvalue weighted by Crippen LogP contribution is -2.39. The van der Waals surface area contributed by atoms with Crippen molar-refractivity contribution in [2.24, 2.45) is 11.8 Å². The summed E-state index contributed by atoms with van der Waals surface area (Å²) in [6.45, 7) is 0. The Morgan fingerprint density at radius 1 is 0.611 bits per heavy atom. The van der Waals surface area contributed by atoms with Crippen molar-refractivity contribution in [2.45, 2.75) is 25.7 Å². The first-order valence-electron chi connectivity index (χ1n) is 19.1. The molecular weight excluding hydrogens is 659 g/mol. The van der Waals surface area contributed by atoms with E-state index in [0.717, 1.165) is 81.2 Å². The molecule has 0 fully saturated rings. The zero-order chi connectivity index (χ0) is 35.6. The minimum atomic E-state index is 0.353. The molecule has 0 radical (unpaired) electrons. The molecule has 54 heavy (non-hydrogen) atoms. The van der Waals surface area contributed by atoms with Crippen LogP contribution >= 0.6 is 0 Å². The van der Waals surface area contributed by atoms with E-state index in [1.807, 2.05) is 12.1 Å². The summed E-state index contributed by atoms with van der Waals surface area (Å²) in [6, 6.07) is 43.0. The van der Waals surface area contributed by atoms with Crippen LogP contribution in [0.15, 0.2) is 144 Å². The van der Waals surface area contributed by atoms with Crippen LogP contribution in [0.3, 0.4) is 0 Å². The molecule has 3 aromatic heterocycles. The summed E-state index contributed by atoms with van der Waals surface area (Å²) in [5, 5.41) is 8.43. The van der Waals surface area contributed by atoms with Crippen molar-refractivity contribution in [3.63, 3.8) is 0 Å². The van der Waals surface area contributed by atoms with Gasteiger partial charge in [0, 0.05) is 43.2 Å². The molecule has 0 N–H and O–H groups in total. The van der Waals surface area contributed by atoms with Crippen LogP contribution < -0.4 is 21.1 Å². The molecule has 8 aromatic rings. The molecule has 0 saturated heterocycles. The van der Waals surface area contributed by atoms with Crippen LogP contribution in [-0.2, 0) is 0 Å². The molecule has 4 nitrogen and oxygen atoms in total. The highest BCUT2D eigenvalue weighted by Gasteiger charge is 2.24. The molecule has 0 spiro atoms. The first kappa shape index (κ1) is 31.0. The third kappa shape index (κ3) is 5.13. The maximum atomic E-state index is 6.12. The molecule has 3 aliphatic carbocycles. The first-order chi connectivity index (χ1) is 26.7. The van der Waals surface area contributed by atoms with Gasteiger partial charge in [-0.3, -0.25) is 0 Å². The van der Waals surface area contributed by atoms with Crippen molar-refractivity contribution in [3.8, 4) is 28.2 Å². The Morgan fingerprint density at radius 3 is 2.26 bits per heavy atom. The Hall–Kier alpha value is -6.52. The van der Waals surface area contributed by atoms with Gasteiger partial charge < -0.3 is 8.98 Å². The summed E-state index contributed by atoms with van der Waals surface area (Å²) in [6.07, 6.45) is 20.5. The summed E-state index contributed by atoms with van der Waals surface area (Å²) in [7, 11) is 0. The Balaban J connectivity index is 1.00. The zero-order valence-corrected chi connectivity index (χ0v) is 29.8. The number of para-hydroxylation sites is 3. The molecule has 3 heterocycles. The average molecular weight is 696 g/mol. The van der Waals surface area contributed by atoms with E-state index in [1.165, 1.54) is 37.9 Å². The number of hydrogen-bond acceptors (Lipinski definition) is 3. The van der Waals surface area contributed by atoms with Crippen LogP contribution in [0.25, 0.3) is 90.9 Å². The number of fused-ring (bicyclic) bond motifs is 7.